The molecule has 6 heteroatoms. The van der Waals surface area contributed by atoms with Crippen molar-refractivity contribution in [3.05, 3.63) is 86.9 Å². The van der Waals surface area contributed by atoms with Crippen LogP contribution in [-0.4, -0.2) is 36.0 Å². The summed E-state index contributed by atoms with van der Waals surface area (Å²) >= 11 is 3.62. The largest absolute Gasteiger partial charge is 0.496 e. The van der Waals surface area contributed by atoms with E-state index in [0.29, 0.717) is 6.42 Å². The summed E-state index contributed by atoms with van der Waals surface area (Å²) in [5.41, 5.74) is 6.27. The second kappa shape index (κ2) is 9.59. The van der Waals surface area contributed by atoms with Gasteiger partial charge in [-0.15, -0.1) is 0 Å². The first-order valence-electron chi connectivity index (χ1n) is 12.0. The molecule has 0 bridgehead atoms. The van der Waals surface area contributed by atoms with Gasteiger partial charge in [-0.1, -0.05) is 6.07 Å². The van der Waals surface area contributed by atoms with Crippen LogP contribution in [0.25, 0.3) is 0 Å². The molecule has 2 aliphatic rings. The number of nitrogens with zero attached hydrogens (tertiary/aromatic N) is 2. The highest BCUT2D eigenvalue weighted by molar-refractivity contribution is 9.10. The Bertz CT molecular complexity index is 1210. The first-order chi connectivity index (χ1) is 16.5. The van der Waals surface area contributed by atoms with Gasteiger partial charge in [0, 0.05) is 46.4 Å². The lowest BCUT2D eigenvalue weighted by atomic mass is 9.61. The van der Waals surface area contributed by atoms with Crippen molar-refractivity contribution in [2.75, 3.05) is 20.2 Å². The van der Waals surface area contributed by atoms with E-state index in [-0.39, 0.29) is 11.7 Å². The van der Waals surface area contributed by atoms with Crippen molar-refractivity contribution in [2.45, 2.75) is 44.9 Å². The summed E-state index contributed by atoms with van der Waals surface area (Å²) in [6.45, 7) is 3.74. The maximum atomic E-state index is 14.3. The predicted molar refractivity (Wildman–Crippen MR) is 136 cm³/mol. The average molecular weight is 520 g/mol. The fraction of sp³-hybridized carbons (Fsp3) is 0.393. The summed E-state index contributed by atoms with van der Waals surface area (Å²) < 4.78 is 6.95. The maximum Gasteiger partial charge on any atom is 0.144 e. The van der Waals surface area contributed by atoms with E-state index in [2.05, 4.69) is 51.4 Å². The normalized spacial score (nSPS) is 19.0. The Kier molecular flexibility index (Phi) is 6.54. The number of aromatic nitrogens is 2. The number of carbonyl (C=O) groups excluding carboxylic acids is 1. The van der Waals surface area contributed by atoms with Crippen LogP contribution >= 0.6 is 15.9 Å². The highest BCUT2D eigenvalue weighted by atomic mass is 79.9. The smallest absolute Gasteiger partial charge is 0.144 e. The van der Waals surface area contributed by atoms with Crippen molar-refractivity contribution in [2.24, 2.45) is 5.41 Å². The Morgan fingerprint density at radius 2 is 1.88 bits per heavy atom. The molecular formula is C28H30BrN3O2. The maximum absolute atomic E-state index is 14.3. The zero-order valence-corrected chi connectivity index (χ0v) is 21.3. The summed E-state index contributed by atoms with van der Waals surface area (Å²) in [5.74, 6) is 0.989. The van der Waals surface area contributed by atoms with Crippen molar-refractivity contribution in [3.8, 4) is 5.75 Å². The SMILES string of the molecule is COc1cc(C)cc2c1C(C1(C(=O)Cc3ccncc3)CCNCC1)c1ncc(Br)cc1CC2. The van der Waals surface area contributed by atoms with Crippen LogP contribution in [0.5, 0.6) is 5.75 Å². The van der Waals surface area contributed by atoms with Crippen LogP contribution in [0.3, 0.4) is 0 Å². The number of hydrogen-bond acceptors (Lipinski definition) is 5. The molecule has 5 nitrogen and oxygen atoms in total. The van der Waals surface area contributed by atoms with E-state index in [0.717, 1.165) is 65.8 Å². The number of pyridine rings is 2. The molecular weight excluding hydrogens is 490 g/mol. The van der Waals surface area contributed by atoms with Gasteiger partial charge in [-0.2, -0.15) is 0 Å². The van der Waals surface area contributed by atoms with Gasteiger partial charge < -0.3 is 10.1 Å². The number of piperidine rings is 1. The first kappa shape index (κ1) is 23.2. The lowest BCUT2D eigenvalue weighted by molar-refractivity contribution is -0.130. The van der Waals surface area contributed by atoms with E-state index in [9.17, 15) is 4.79 Å². The molecule has 5 rings (SSSR count). The highest BCUT2D eigenvalue weighted by Gasteiger charge is 2.50. The third-order valence-corrected chi connectivity index (χ3v) is 7.94. The van der Waals surface area contributed by atoms with Gasteiger partial charge in [0.15, 0.2) is 0 Å². The standard InChI is InChI=1S/C28H30BrN3O2/c1-18-13-20-3-4-21-16-22(29)17-32-27(21)26(25(20)23(14-18)34-2)28(7-11-31-12-8-28)24(33)15-19-5-9-30-10-6-19/h5-6,9-10,13-14,16-17,26,31H,3-4,7-8,11-12,15H2,1-2H3. The number of aryl methyl sites for hydroxylation is 3. The molecule has 34 heavy (non-hydrogen) atoms. The van der Waals surface area contributed by atoms with Gasteiger partial charge in [0.2, 0.25) is 0 Å². The molecule has 2 aromatic heterocycles. The molecule has 1 aromatic carbocycles. The van der Waals surface area contributed by atoms with E-state index in [1.807, 2.05) is 18.3 Å². The van der Waals surface area contributed by atoms with E-state index in [1.54, 1.807) is 19.5 Å². The van der Waals surface area contributed by atoms with Crippen LogP contribution in [0.1, 0.15) is 52.3 Å². The number of methoxy groups -OCH3 is 1. The number of ketones is 1. The highest BCUT2D eigenvalue weighted by Crippen LogP contribution is 2.53. The van der Waals surface area contributed by atoms with Gasteiger partial charge in [0.25, 0.3) is 0 Å². The van der Waals surface area contributed by atoms with Gasteiger partial charge in [-0.3, -0.25) is 14.8 Å². The zero-order valence-electron chi connectivity index (χ0n) is 19.7. The monoisotopic (exact) mass is 519 g/mol. The van der Waals surface area contributed by atoms with Crippen molar-refractivity contribution >= 4 is 21.7 Å². The molecule has 1 unspecified atom stereocenters. The first-order valence-corrected chi connectivity index (χ1v) is 12.8. The lowest BCUT2D eigenvalue weighted by Gasteiger charge is -2.43. The van der Waals surface area contributed by atoms with Crippen LogP contribution in [-0.2, 0) is 24.1 Å². The molecule has 1 aliphatic heterocycles. The second-order valence-corrected chi connectivity index (χ2v) is 10.4. The molecule has 0 radical (unpaired) electrons. The second-order valence-electron chi connectivity index (χ2n) is 9.53. The Morgan fingerprint density at radius 1 is 1.15 bits per heavy atom. The predicted octanol–water partition coefficient (Wildman–Crippen LogP) is 4.97. The van der Waals surface area contributed by atoms with Gasteiger partial charge in [-0.05, 0) is 108 Å². The van der Waals surface area contributed by atoms with E-state index in [4.69, 9.17) is 9.72 Å². The molecule has 1 saturated heterocycles. The molecule has 0 saturated carbocycles. The lowest BCUT2D eigenvalue weighted by Crippen LogP contribution is -2.47. The molecule has 0 amide bonds. The average Bonchev–Trinajstić information content (AvgIpc) is 3.01. The minimum absolute atomic E-state index is 0.153. The van der Waals surface area contributed by atoms with Crippen molar-refractivity contribution < 1.29 is 9.53 Å². The number of halogens is 1. The quantitative estimate of drug-likeness (QED) is 0.515. The number of carbonyl (C=O) groups is 1. The van der Waals surface area contributed by atoms with Gasteiger partial charge >= 0.3 is 0 Å². The van der Waals surface area contributed by atoms with Crippen LogP contribution < -0.4 is 10.1 Å². The topological polar surface area (TPSA) is 64.1 Å². The van der Waals surface area contributed by atoms with Crippen molar-refractivity contribution in [3.63, 3.8) is 0 Å². The molecule has 1 atom stereocenters. The number of rotatable bonds is 5. The number of benzene rings is 1. The number of fused-ring (bicyclic) bond motifs is 2. The van der Waals surface area contributed by atoms with Crippen LogP contribution in [0, 0.1) is 12.3 Å². The van der Waals surface area contributed by atoms with Crippen LogP contribution in [0.4, 0.5) is 0 Å². The van der Waals surface area contributed by atoms with E-state index in [1.165, 1.54) is 16.7 Å². The summed E-state index contributed by atoms with van der Waals surface area (Å²) in [7, 11) is 1.74. The number of Topliss-reactive ketones (excluding diaryl/α,β-unsaturated/α-hetero) is 1. The van der Waals surface area contributed by atoms with Gasteiger partial charge in [0.05, 0.1) is 12.8 Å². The van der Waals surface area contributed by atoms with Crippen LogP contribution in [0.2, 0.25) is 0 Å². The number of nitrogens with one attached hydrogen (secondary N) is 1. The molecule has 1 fully saturated rings. The Balaban J connectivity index is 1.74. The molecule has 1 N–H and O–H groups in total. The summed E-state index contributed by atoms with van der Waals surface area (Å²) in [5, 5.41) is 3.49. The minimum Gasteiger partial charge on any atom is -0.496 e. The van der Waals surface area contributed by atoms with E-state index < -0.39 is 5.41 Å². The molecule has 176 valence electrons. The molecule has 3 aromatic rings. The Hall–Kier alpha value is -2.57. The summed E-state index contributed by atoms with van der Waals surface area (Å²) in [6.07, 6.45) is 9.14. The number of hydrogen-bond donors (Lipinski definition) is 1. The van der Waals surface area contributed by atoms with Crippen LogP contribution in [0.15, 0.2) is 53.4 Å². The summed E-state index contributed by atoms with van der Waals surface area (Å²) in [6, 6.07) is 10.5. The Labute approximate surface area is 209 Å². The fourth-order valence-electron chi connectivity index (χ4n) is 5.90. The van der Waals surface area contributed by atoms with Gasteiger partial charge in [0.1, 0.15) is 11.5 Å². The minimum atomic E-state index is -0.564. The fourth-order valence-corrected chi connectivity index (χ4v) is 6.28. The van der Waals surface area contributed by atoms with Gasteiger partial charge in [-0.25, -0.2) is 0 Å². The van der Waals surface area contributed by atoms with Crippen molar-refractivity contribution in [1.29, 1.82) is 0 Å². The Morgan fingerprint density at radius 3 is 2.62 bits per heavy atom. The van der Waals surface area contributed by atoms with Crippen molar-refractivity contribution in [1.82, 2.24) is 15.3 Å². The van der Waals surface area contributed by atoms with E-state index >= 15 is 0 Å². The third kappa shape index (κ3) is 4.18. The molecule has 3 heterocycles. The molecule has 1 aliphatic carbocycles. The molecule has 0 spiro atoms. The third-order valence-electron chi connectivity index (χ3n) is 7.50. The zero-order chi connectivity index (χ0) is 23.7. The summed E-state index contributed by atoms with van der Waals surface area (Å²) in [4.78, 5) is 23.4. The number of ether oxygens (including phenoxy) is 1.